The molecule has 0 aliphatic heterocycles. The summed E-state index contributed by atoms with van der Waals surface area (Å²) < 4.78 is 4.98. The summed E-state index contributed by atoms with van der Waals surface area (Å²) in [7, 11) is 0. The summed E-state index contributed by atoms with van der Waals surface area (Å²) >= 11 is 0. The van der Waals surface area contributed by atoms with Gasteiger partial charge in [-0.1, -0.05) is 0 Å². The van der Waals surface area contributed by atoms with Crippen molar-refractivity contribution in [2.45, 2.75) is 0 Å². The first-order chi connectivity index (χ1) is 5.47. The van der Waals surface area contributed by atoms with Gasteiger partial charge in [0.15, 0.2) is 5.69 Å². The minimum absolute atomic E-state index is 0.458. The van der Waals surface area contributed by atoms with Crippen molar-refractivity contribution in [3.05, 3.63) is 24.7 Å². The third-order valence-corrected chi connectivity index (χ3v) is 1.15. The molecule has 11 heavy (non-hydrogen) atoms. The molecule has 2 aromatic rings. The average Bonchev–Trinajstić information content (AvgIpc) is 2.58. The van der Waals surface area contributed by atoms with Gasteiger partial charge in [-0.05, 0) is 11.3 Å². The molecule has 0 N–H and O–H groups in total. The van der Waals surface area contributed by atoms with Crippen LogP contribution >= 0.6 is 0 Å². The zero-order chi connectivity index (χ0) is 7.52. The molecule has 0 atom stereocenters. The van der Waals surface area contributed by atoms with E-state index in [-0.39, 0.29) is 0 Å². The van der Waals surface area contributed by atoms with Crippen LogP contribution in [0.2, 0.25) is 0 Å². The minimum Gasteiger partial charge on any atom is -0.443 e. The lowest BCUT2D eigenvalue weighted by atomic mass is 10.4. The Balaban J connectivity index is 2.46. The highest BCUT2D eigenvalue weighted by Gasteiger charge is 2.01. The molecule has 0 bridgehead atoms. The summed E-state index contributed by atoms with van der Waals surface area (Å²) in [5.74, 6) is 0.458. The molecule has 0 fully saturated rings. The molecule has 5 nitrogen and oxygen atoms in total. The van der Waals surface area contributed by atoms with Gasteiger partial charge in [-0.3, -0.25) is 0 Å². The van der Waals surface area contributed by atoms with Crippen LogP contribution < -0.4 is 0 Å². The van der Waals surface area contributed by atoms with Gasteiger partial charge in [0, 0.05) is 0 Å². The minimum atomic E-state index is 0.458. The van der Waals surface area contributed by atoms with Gasteiger partial charge < -0.3 is 4.42 Å². The maximum Gasteiger partial charge on any atom is 0.247 e. The van der Waals surface area contributed by atoms with E-state index in [2.05, 4.69) is 20.4 Å². The Kier molecular flexibility index (Phi) is 1.33. The van der Waals surface area contributed by atoms with Crippen molar-refractivity contribution in [1.29, 1.82) is 0 Å². The van der Waals surface area contributed by atoms with Crippen LogP contribution in [0, 0.1) is 0 Å². The predicted molar refractivity (Wildman–Crippen MR) is 35.3 cm³/mol. The van der Waals surface area contributed by atoms with E-state index in [0.717, 1.165) is 0 Å². The molecule has 0 aliphatic carbocycles. The second kappa shape index (κ2) is 2.45. The quantitative estimate of drug-likeness (QED) is 0.590. The third-order valence-electron chi connectivity index (χ3n) is 1.15. The molecule has 0 saturated heterocycles. The van der Waals surface area contributed by atoms with E-state index < -0.39 is 0 Å². The van der Waals surface area contributed by atoms with Gasteiger partial charge in [-0.15, -0.1) is 10.2 Å². The van der Waals surface area contributed by atoms with Crippen molar-refractivity contribution < 1.29 is 4.42 Å². The summed E-state index contributed by atoms with van der Waals surface area (Å²) in [6.45, 7) is 0. The lowest BCUT2D eigenvalue weighted by Gasteiger charge is -1.87. The van der Waals surface area contributed by atoms with Crippen LogP contribution in [0.4, 0.5) is 0 Å². The highest BCUT2D eigenvalue weighted by atomic mass is 16.3. The number of oxazole rings is 1. The van der Waals surface area contributed by atoms with Gasteiger partial charge in [0.25, 0.3) is 0 Å². The molecule has 2 rings (SSSR count). The molecule has 0 saturated carbocycles. The number of aromatic nitrogens is 4. The highest BCUT2D eigenvalue weighted by Crippen LogP contribution is 2.10. The van der Waals surface area contributed by atoms with Crippen molar-refractivity contribution in [1.82, 2.24) is 20.4 Å². The van der Waals surface area contributed by atoms with Gasteiger partial charge in [0.1, 0.15) is 6.26 Å². The van der Waals surface area contributed by atoms with E-state index in [4.69, 9.17) is 4.42 Å². The standard InChI is InChI=1S/C6H4N4O/c1-2-8-10-9-5(1)6-7-3-4-11-6/h1-4H. The first-order valence-corrected chi connectivity index (χ1v) is 3.01. The normalized spacial score (nSPS) is 9.82. The zero-order valence-electron chi connectivity index (χ0n) is 5.51. The third kappa shape index (κ3) is 1.07. The Labute approximate surface area is 62.1 Å². The van der Waals surface area contributed by atoms with Crippen molar-refractivity contribution in [2.75, 3.05) is 0 Å². The highest BCUT2D eigenvalue weighted by molar-refractivity contribution is 5.43. The lowest BCUT2D eigenvalue weighted by molar-refractivity contribution is 0.569. The Hall–Kier alpha value is -1.78. The molecule has 2 aromatic heterocycles. The van der Waals surface area contributed by atoms with Crippen molar-refractivity contribution in [3.63, 3.8) is 0 Å². The summed E-state index contributed by atoms with van der Waals surface area (Å²) in [5, 5.41) is 10.7. The molecule has 5 heteroatoms. The number of hydrogen-bond donors (Lipinski definition) is 0. The Bertz CT molecular complexity index is 318. The van der Waals surface area contributed by atoms with E-state index in [9.17, 15) is 0 Å². The van der Waals surface area contributed by atoms with Crippen LogP contribution in [-0.2, 0) is 0 Å². The fourth-order valence-corrected chi connectivity index (χ4v) is 0.705. The summed E-state index contributed by atoms with van der Waals surface area (Å²) in [5.41, 5.74) is 0.588. The van der Waals surface area contributed by atoms with E-state index >= 15 is 0 Å². The Morgan fingerprint density at radius 3 is 2.91 bits per heavy atom. The lowest BCUT2D eigenvalue weighted by Crippen LogP contribution is -1.88. The summed E-state index contributed by atoms with van der Waals surface area (Å²) in [6, 6.07) is 1.68. The molecule has 0 unspecified atom stereocenters. The van der Waals surface area contributed by atoms with Crippen molar-refractivity contribution in [3.8, 4) is 11.6 Å². The van der Waals surface area contributed by atoms with Gasteiger partial charge in [0.05, 0.1) is 12.4 Å². The number of rotatable bonds is 1. The maximum absolute atomic E-state index is 4.98. The largest absolute Gasteiger partial charge is 0.443 e. The molecule has 0 aromatic carbocycles. The SMILES string of the molecule is c1cc(-c2ncco2)nnn1. The molecular formula is C6H4N4O. The second-order valence-corrected chi connectivity index (χ2v) is 1.84. The second-order valence-electron chi connectivity index (χ2n) is 1.84. The molecule has 54 valence electrons. The monoisotopic (exact) mass is 148 g/mol. The van der Waals surface area contributed by atoms with Crippen LogP contribution in [0.1, 0.15) is 0 Å². The summed E-state index contributed by atoms with van der Waals surface area (Å²) in [4.78, 5) is 3.89. The molecule has 2 heterocycles. The van der Waals surface area contributed by atoms with Gasteiger partial charge in [-0.25, -0.2) is 4.98 Å². The Morgan fingerprint density at radius 2 is 2.27 bits per heavy atom. The predicted octanol–water partition coefficient (Wildman–Crippen LogP) is 0.527. The molecule has 0 radical (unpaired) electrons. The molecule has 0 spiro atoms. The van der Waals surface area contributed by atoms with E-state index in [0.29, 0.717) is 11.6 Å². The maximum atomic E-state index is 4.98. The van der Waals surface area contributed by atoms with Gasteiger partial charge >= 0.3 is 0 Å². The van der Waals surface area contributed by atoms with Crippen LogP contribution in [0.3, 0.4) is 0 Å². The van der Waals surface area contributed by atoms with Gasteiger partial charge in [0.2, 0.25) is 5.89 Å². The first kappa shape index (κ1) is 5.96. The van der Waals surface area contributed by atoms with E-state index in [1.165, 1.54) is 12.5 Å². The van der Waals surface area contributed by atoms with E-state index in [1.807, 2.05) is 0 Å². The molecule has 0 amide bonds. The Morgan fingerprint density at radius 1 is 1.27 bits per heavy atom. The average molecular weight is 148 g/mol. The fraction of sp³-hybridized carbons (Fsp3) is 0. The van der Waals surface area contributed by atoms with Crippen LogP contribution in [0.25, 0.3) is 11.6 Å². The van der Waals surface area contributed by atoms with Crippen LogP contribution in [-0.4, -0.2) is 20.4 Å². The number of hydrogen-bond acceptors (Lipinski definition) is 5. The summed E-state index contributed by atoms with van der Waals surface area (Å²) in [6.07, 6.45) is 4.57. The first-order valence-electron chi connectivity index (χ1n) is 3.01. The van der Waals surface area contributed by atoms with Gasteiger partial charge in [-0.2, -0.15) is 0 Å². The van der Waals surface area contributed by atoms with E-state index in [1.54, 1.807) is 12.3 Å². The smallest absolute Gasteiger partial charge is 0.247 e. The van der Waals surface area contributed by atoms with Crippen LogP contribution in [0.5, 0.6) is 0 Å². The van der Waals surface area contributed by atoms with Crippen molar-refractivity contribution in [2.24, 2.45) is 0 Å². The zero-order valence-corrected chi connectivity index (χ0v) is 5.51. The topological polar surface area (TPSA) is 64.7 Å². The molecular weight excluding hydrogens is 144 g/mol. The number of nitrogens with zero attached hydrogens (tertiary/aromatic N) is 4. The van der Waals surface area contributed by atoms with Crippen molar-refractivity contribution >= 4 is 0 Å². The van der Waals surface area contributed by atoms with Crippen LogP contribution in [0.15, 0.2) is 29.1 Å². The fourth-order valence-electron chi connectivity index (χ4n) is 0.705. The molecule has 0 aliphatic rings.